The first kappa shape index (κ1) is 24.5. The number of rotatable bonds is 19. The molecular weight excluding hydrogens is 306 g/mol. The number of unbranched alkanes of at least 4 members (excludes halogenated alkanes) is 14. The van der Waals surface area contributed by atoms with Crippen molar-refractivity contribution in [1.29, 1.82) is 0 Å². The number of hydrogen-bond donors (Lipinski definition) is 1. The maximum atomic E-state index is 11.8. The van der Waals surface area contributed by atoms with Gasteiger partial charge in [0.2, 0.25) is 5.91 Å². The van der Waals surface area contributed by atoms with E-state index in [0.29, 0.717) is 12.5 Å². The number of carbonyl (C=O) groups is 1. The Hall–Kier alpha value is -0.530. The monoisotopic (exact) mass is 353 g/mol. The first-order valence-electron chi connectivity index (χ1n) is 11.5. The van der Waals surface area contributed by atoms with Gasteiger partial charge in [0, 0.05) is 12.5 Å². The Labute approximate surface area is 158 Å². The number of carbonyl (C=O) groups excluding carboxylic acids is 1. The summed E-state index contributed by atoms with van der Waals surface area (Å²) in [5.41, 5.74) is 0. The minimum absolute atomic E-state index is 0.246. The van der Waals surface area contributed by atoms with Crippen molar-refractivity contribution in [3.05, 3.63) is 0 Å². The summed E-state index contributed by atoms with van der Waals surface area (Å²) in [6, 6.07) is 0.342. The molecule has 150 valence electrons. The molecule has 2 nitrogen and oxygen atoms in total. The van der Waals surface area contributed by atoms with Gasteiger partial charge in [-0.1, -0.05) is 110 Å². The Bertz CT molecular complexity index is 277. The first-order chi connectivity index (χ1) is 12.2. The normalized spacial score (nSPS) is 12.3. The van der Waals surface area contributed by atoms with Crippen molar-refractivity contribution in [1.82, 2.24) is 5.32 Å². The van der Waals surface area contributed by atoms with Gasteiger partial charge >= 0.3 is 0 Å². The van der Waals surface area contributed by atoms with Crippen LogP contribution < -0.4 is 5.32 Å². The molecule has 1 atom stereocenters. The number of amides is 1. The molecule has 0 heterocycles. The predicted molar refractivity (Wildman–Crippen MR) is 112 cm³/mol. The zero-order valence-electron chi connectivity index (χ0n) is 17.7. The van der Waals surface area contributed by atoms with Crippen molar-refractivity contribution in [3.8, 4) is 0 Å². The van der Waals surface area contributed by atoms with Gasteiger partial charge in [-0.3, -0.25) is 4.79 Å². The van der Waals surface area contributed by atoms with Crippen molar-refractivity contribution in [2.24, 2.45) is 0 Å². The summed E-state index contributed by atoms with van der Waals surface area (Å²) in [7, 11) is 0. The second-order valence-electron chi connectivity index (χ2n) is 7.96. The van der Waals surface area contributed by atoms with E-state index < -0.39 is 0 Å². The Kier molecular flexibility index (Phi) is 19.4. The van der Waals surface area contributed by atoms with E-state index in [9.17, 15) is 4.79 Å². The van der Waals surface area contributed by atoms with Gasteiger partial charge in [-0.25, -0.2) is 0 Å². The molecule has 0 radical (unpaired) electrons. The van der Waals surface area contributed by atoms with Gasteiger partial charge in [-0.15, -0.1) is 0 Å². The molecule has 0 aromatic heterocycles. The van der Waals surface area contributed by atoms with E-state index in [0.717, 1.165) is 19.3 Å². The topological polar surface area (TPSA) is 29.1 Å². The second-order valence-corrected chi connectivity index (χ2v) is 7.96. The molecule has 0 spiro atoms. The van der Waals surface area contributed by atoms with Gasteiger partial charge in [-0.2, -0.15) is 0 Å². The van der Waals surface area contributed by atoms with Crippen LogP contribution in [0.5, 0.6) is 0 Å². The molecule has 25 heavy (non-hydrogen) atoms. The van der Waals surface area contributed by atoms with Crippen LogP contribution in [0.1, 0.15) is 136 Å². The lowest BCUT2D eigenvalue weighted by molar-refractivity contribution is -0.121. The van der Waals surface area contributed by atoms with Crippen LogP contribution in [0.25, 0.3) is 0 Å². The van der Waals surface area contributed by atoms with Crippen LogP contribution in [0.3, 0.4) is 0 Å². The van der Waals surface area contributed by atoms with Crippen molar-refractivity contribution in [2.45, 2.75) is 142 Å². The summed E-state index contributed by atoms with van der Waals surface area (Å²) in [5.74, 6) is 0.246. The van der Waals surface area contributed by atoms with Gasteiger partial charge in [0.25, 0.3) is 0 Å². The van der Waals surface area contributed by atoms with Gasteiger partial charge in [0.15, 0.2) is 0 Å². The predicted octanol–water partition coefficient (Wildman–Crippen LogP) is 7.55. The third-order valence-corrected chi connectivity index (χ3v) is 5.14. The molecule has 0 aromatic rings. The Morgan fingerprint density at radius 1 is 0.640 bits per heavy atom. The lowest BCUT2D eigenvalue weighted by atomic mass is 10.0. The smallest absolute Gasteiger partial charge is 0.220 e. The quantitative estimate of drug-likeness (QED) is 0.239. The largest absolute Gasteiger partial charge is 0.354 e. The molecule has 0 aliphatic heterocycles. The van der Waals surface area contributed by atoms with Crippen LogP contribution in [0.4, 0.5) is 0 Å². The Balaban J connectivity index is 3.15. The van der Waals surface area contributed by atoms with Crippen molar-refractivity contribution in [3.63, 3.8) is 0 Å². The fraction of sp³-hybridized carbons (Fsp3) is 0.957. The second kappa shape index (κ2) is 19.8. The summed E-state index contributed by atoms with van der Waals surface area (Å²) in [5, 5.41) is 3.09. The van der Waals surface area contributed by atoms with Gasteiger partial charge < -0.3 is 5.32 Å². The number of nitrogens with one attached hydrogen (secondary N) is 1. The molecule has 0 bridgehead atoms. The first-order valence-corrected chi connectivity index (χ1v) is 11.5. The zero-order valence-corrected chi connectivity index (χ0v) is 17.7. The maximum Gasteiger partial charge on any atom is 0.220 e. The summed E-state index contributed by atoms with van der Waals surface area (Å²) >= 11 is 0. The molecule has 2 heteroatoms. The van der Waals surface area contributed by atoms with Gasteiger partial charge in [0.1, 0.15) is 0 Å². The van der Waals surface area contributed by atoms with Crippen molar-refractivity contribution in [2.75, 3.05) is 0 Å². The summed E-state index contributed by atoms with van der Waals surface area (Å²) in [6.45, 7) is 6.55. The molecule has 0 rings (SSSR count). The van der Waals surface area contributed by atoms with Crippen LogP contribution >= 0.6 is 0 Å². The maximum absolute atomic E-state index is 11.8. The SMILES string of the molecule is CCCCCCCCCCCCCCCCCC(=O)NC(C)CCC. The molecule has 1 N–H and O–H groups in total. The molecule has 0 saturated carbocycles. The van der Waals surface area contributed by atoms with Crippen LogP contribution in [0.2, 0.25) is 0 Å². The van der Waals surface area contributed by atoms with E-state index in [-0.39, 0.29) is 5.91 Å². The average molecular weight is 354 g/mol. The highest BCUT2D eigenvalue weighted by Crippen LogP contribution is 2.13. The standard InChI is InChI=1S/C23H47NO/c1-4-6-7-8-9-10-11-12-13-14-15-16-17-18-19-21-23(25)24-22(3)20-5-2/h22H,4-21H2,1-3H3,(H,24,25). The third-order valence-electron chi connectivity index (χ3n) is 5.14. The lowest BCUT2D eigenvalue weighted by Crippen LogP contribution is -2.32. The average Bonchev–Trinajstić information content (AvgIpc) is 2.58. The molecule has 0 saturated heterocycles. The minimum atomic E-state index is 0.246. The summed E-state index contributed by atoms with van der Waals surface area (Å²) in [4.78, 5) is 11.8. The highest BCUT2D eigenvalue weighted by Gasteiger charge is 2.05. The fourth-order valence-corrected chi connectivity index (χ4v) is 3.51. The van der Waals surface area contributed by atoms with E-state index >= 15 is 0 Å². The lowest BCUT2D eigenvalue weighted by Gasteiger charge is -2.12. The van der Waals surface area contributed by atoms with E-state index in [2.05, 4.69) is 26.1 Å². The van der Waals surface area contributed by atoms with Crippen molar-refractivity contribution >= 4 is 5.91 Å². The molecule has 0 aromatic carbocycles. The highest BCUT2D eigenvalue weighted by atomic mass is 16.1. The van der Waals surface area contributed by atoms with Gasteiger partial charge in [0.05, 0.1) is 0 Å². The van der Waals surface area contributed by atoms with Crippen molar-refractivity contribution < 1.29 is 4.79 Å². The van der Waals surface area contributed by atoms with E-state index in [4.69, 9.17) is 0 Å². The minimum Gasteiger partial charge on any atom is -0.354 e. The molecule has 0 aliphatic rings. The van der Waals surface area contributed by atoms with E-state index in [1.807, 2.05) is 0 Å². The Morgan fingerprint density at radius 3 is 1.44 bits per heavy atom. The Morgan fingerprint density at radius 2 is 1.04 bits per heavy atom. The molecule has 0 fully saturated rings. The van der Waals surface area contributed by atoms with E-state index in [1.54, 1.807) is 0 Å². The van der Waals surface area contributed by atoms with Crippen LogP contribution in [0, 0.1) is 0 Å². The fourth-order valence-electron chi connectivity index (χ4n) is 3.51. The van der Waals surface area contributed by atoms with Crippen LogP contribution in [-0.2, 0) is 4.79 Å². The zero-order chi connectivity index (χ0) is 18.6. The number of hydrogen-bond acceptors (Lipinski definition) is 1. The third kappa shape index (κ3) is 19.6. The van der Waals surface area contributed by atoms with Gasteiger partial charge in [-0.05, 0) is 19.8 Å². The van der Waals surface area contributed by atoms with Crippen LogP contribution in [-0.4, -0.2) is 11.9 Å². The highest BCUT2D eigenvalue weighted by molar-refractivity contribution is 5.76. The summed E-state index contributed by atoms with van der Waals surface area (Å²) in [6.07, 6.45) is 23.5. The summed E-state index contributed by atoms with van der Waals surface area (Å²) < 4.78 is 0. The van der Waals surface area contributed by atoms with E-state index in [1.165, 1.54) is 89.9 Å². The molecule has 1 amide bonds. The molecular formula is C23H47NO. The molecule has 0 aliphatic carbocycles. The molecule has 1 unspecified atom stereocenters. The van der Waals surface area contributed by atoms with Crippen LogP contribution in [0.15, 0.2) is 0 Å².